The zero-order chi connectivity index (χ0) is 11.5. The number of aliphatic hydroxyl groups is 1. The zero-order valence-corrected chi connectivity index (χ0v) is 9.85. The first-order valence-corrected chi connectivity index (χ1v) is 5.77. The molecule has 0 bridgehead atoms. The van der Waals surface area contributed by atoms with Gasteiger partial charge in [-0.3, -0.25) is 4.98 Å². The lowest BCUT2D eigenvalue weighted by atomic mass is 10.2. The van der Waals surface area contributed by atoms with Crippen LogP contribution in [0.25, 0.3) is 0 Å². The predicted molar refractivity (Wildman–Crippen MR) is 64.5 cm³/mol. The van der Waals surface area contributed by atoms with Gasteiger partial charge in [-0.25, -0.2) is 0 Å². The minimum Gasteiger partial charge on any atom is -0.391 e. The molecule has 0 aliphatic carbocycles. The van der Waals surface area contributed by atoms with Gasteiger partial charge in [0.05, 0.1) is 23.7 Å². The Morgan fingerprint density at radius 3 is 2.88 bits per heavy atom. The summed E-state index contributed by atoms with van der Waals surface area (Å²) < 4.78 is 0. The van der Waals surface area contributed by atoms with E-state index in [-0.39, 0.29) is 12.1 Å². The van der Waals surface area contributed by atoms with Gasteiger partial charge >= 0.3 is 0 Å². The van der Waals surface area contributed by atoms with E-state index < -0.39 is 0 Å². The Morgan fingerprint density at radius 1 is 1.56 bits per heavy atom. The molecule has 16 heavy (non-hydrogen) atoms. The molecule has 1 aliphatic heterocycles. The van der Waals surface area contributed by atoms with Crippen molar-refractivity contribution in [2.45, 2.75) is 25.5 Å². The number of anilines is 1. The highest BCUT2D eigenvalue weighted by molar-refractivity contribution is 5.46. The Kier molecular flexibility index (Phi) is 3.41. The number of nitrogens with one attached hydrogen (secondary N) is 1. The molecule has 0 aromatic carbocycles. The third-order valence-corrected chi connectivity index (χ3v) is 3.18. The number of aliphatic hydroxyl groups excluding tert-OH is 1. The summed E-state index contributed by atoms with van der Waals surface area (Å²) >= 11 is 0. The molecule has 0 spiro atoms. The molecule has 0 saturated carbocycles. The fourth-order valence-corrected chi connectivity index (χ4v) is 1.96. The largest absolute Gasteiger partial charge is 0.391 e. The standard InChI is InChI=1S/C12H19N3O/c1-9(13-2)12-4-3-10(7-14-12)15-6-5-11(16)8-15/h3-4,7,9,11,13,16H,5-6,8H2,1-2H3. The summed E-state index contributed by atoms with van der Waals surface area (Å²) in [7, 11) is 1.93. The van der Waals surface area contributed by atoms with Crippen LogP contribution in [0.4, 0.5) is 5.69 Å². The Bertz CT molecular complexity index is 339. The summed E-state index contributed by atoms with van der Waals surface area (Å²) in [5.74, 6) is 0. The van der Waals surface area contributed by atoms with Crippen LogP contribution in [0.5, 0.6) is 0 Å². The Hall–Kier alpha value is -1.13. The maximum Gasteiger partial charge on any atom is 0.0731 e. The third-order valence-electron chi connectivity index (χ3n) is 3.18. The van der Waals surface area contributed by atoms with E-state index in [0.717, 1.165) is 30.9 Å². The van der Waals surface area contributed by atoms with E-state index in [2.05, 4.69) is 28.2 Å². The van der Waals surface area contributed by atoms with Gasteiger partial charge in [0, 0.05) is 19.1 Å². The molecule has 1 aromatic rings. The summed E-state index contributed by atoms with van der Waals surface area (Å²) in [6.07, 6.45) is 2.56. The van der Waals surface area contributed by atoms with Crippen LogP contribution in [0.3, 0.4) is 0 Å². The molecule has 88 valence electrons. The molecule has 0 amide bonds. The van der Waals surface area contributed by atoms with Crippen LogP contribution in [-0.4, -0.2) is 36.3 Å². The number of hydrogen-bond donors (Lipinski definition) is 2. The molecule has 1 aliphatic rings. The Morgan fingerprint density at radius 2 is 2.38 bits per heavy atom. The van der Waals surface area contributed by atoms with Gasteiger partial charge in [0.25, 0.3) is 0 Å². The maximum absolute atomic E-state index is 9.47. The average Bonchev–Trinajstić information content (AvgIpc) is 2.75. The fraction of sp³-hybridized carbons (Fsp3) is 0.583. The van der Waals surface area contributed by atoms with E-state index in [1.54, 1.807) is 0 Å². The highest BCUT2D eigenvalue weighted by Crippen LogP contribution is 2.20. The number of hydrogen-bond acceptors (Lipinski definition) is 4. The van der Waals surface area contributed by atoms with Crippen molar-refractivity contribution in [3.63, 3.8) is 0 Å². The monoisotopic (exact) mass is 221 g/mol. The topological polar surface area (TPSA) is 48.4 Å². The van der Waals surface area contributed by atoms with Gasteiger partial charge in [0.2, 0.25) is 0 Å². The second-order valence-corrected chi connectivity index (χ2v) is 4.34. The van der Waals surface area contributed by atoms with Crippen LogP contribution in [0.2, 0.25) is 0 Å². The van der Waals surface area contributed by atoms with Crippen molar-refractivity contribution in [1.82, 2.24) is 10.3 Å². The quantitative estimate of drug-likeness (QED) is 0.797. The molecule has 1 fully saturated rings. The van der Waals surface area contributed by atoms with E-state index in [1.807, 2.05) is 19.3 Å². The fourth-order valence-electron chi connectivity index (χ4n) is 1.96. The van der Waals surface area contributed by atoms with Crippen LogP contribution < -0.4 is 10.2 Å². The van der Waals surface area contributed by atoms with Crippen molar-refractivity contribution in [2.75, 3.05) is 25.0 Å². The van der Waals surface area contributed by atoms with Crippen molar-refractivity contribution in [1.29, 1.82) is 0 Å². The summed E-state index contributed by atoms with van der Waals surface area (Å²) in [5, 5.41) is 12.6. The van der Waals surface area contributed by atoms with E-state index in [1.165, 1.54) is 0 Å². The molecule has 2 rings (SSSR count). The molecule has 2 N–H and O–H groups in total. The normalized spacial score (nSPS) is 22.4. The van der Waals surface area contributed by atoms with Gasteiger partial charge in [0.15, 0.2) is 0 Å². The SMILES string of the molecule is CNC(C)c1ccc(N2CCC(O)C2)cn1. The lowest BCUT2D eigenvalue weighted by molar-refractivity contribution is 0.198. The molecule has 2 unspecified atom stereocenters. The first-order chi connectivity index (χ1) is 7.70. The van der Waals surface area contributed by atoms with E-state index in [9.17, 15) is 5.11 Å². The second kappa shape index (κ2) is 4.80. The summed E-state index contributed by atoms with van der Waals surface area (Å²) in [6.45, 7) is 3.73. The highest BCUT2D eigenvalue weighted by Gasteiger charge is 2.20. The average molecular weight is 221 g/mol. The first-order valence-electron chi connectivity index (χ1n) is 5.77. The second-order valence-electron chi connectivity index (χ2n) is 4.34. The van der Waals surface area contributed by atoms with Crippen molar-refractivity contribution in [2.24, 2.45) is 0 Å². The zero-order valence-electron chi connectivity index (χ0n) is 9.85. The minimum atomic E-state index is -0.184. The number of pyridine rings is 1. The first kappa shape index (κ1) is 11.4. The lowest BCUT2D eigenvalue weighted by Crippen LogP contribution is -2.21. The number of rotatable bonds is 3. The molecule has 2 heterocycles. The van der Waals surface area contributed by atoms with Gasteiger partial charge in [-0.1, -0.05) is 0 Å². The number of aromatic nitrogens is 1. The van der Waals surface area contributed by atoms with Crippen LogP contribution in [0.1, 0.15) is 25.1 Å². The van der Waals surface area contributed by atoms with Crippen LogP contribution in [-0.2, 0) is 0 Å². The Balaban J connectivity index is 2.07. The molecule has 0 radical (unpaired) electrons. The summed E-state index contributed by atoms with van der Waals surface area (Å²) in [4.78, 5) is 6.61. The number of β-amino-alcohol motifs (C(OH)–C–C–N with tert-alkyl or cyclic N) is 1. The highest BCUT2D eigenvalue weighted by atomic mass is 16.3. The maximum atomic E-state index is 9.47. The van der Waals surface area contributed by atoms with Crippen molar-refractivity contribution >= 4 is 5.69 Å². The van der Waals surface area contributed by atoms with Crippen molar-refractivity contribution in [3.8, 4) is 0 Å². The smallest absolute Gasteiger partial charge is 0.0731 e. The molecule has 1 saturated heterocycles. The molecular formula is C12H19N3O. The van der Waals surface area contributed by atoms with Crippen molar-refractivity contribution < 1.29 is 5.11 Å². The molecule has 4 heteroatoms. The minimum absolute atomic E-state index is 0.184. The third kappa shape index (κ3) is 2.33. The predicted octanol–water partition coefficient (Wildman–Crippen LogP) is 0.933. The van der Waals surface area contributed by atoms with Gasteiger partial charge < -0.3 is 15.3 Å². The molecule has 4 nitrogen and oxygen atoms in total. The number of nitrogens with zero attached hydrogens (tertiary/aromatic N) is 2. The summed E-state index contributed by atoms with van der Waals surface area (Å²) in [5.41, 5.74) is 2.15. The van der Waals surface area contributed by atoms with Crippen LogP contribution in [0, 0.1) is 0 Å². The van der Waals surface area contributed by atoms with Crippen LogP contribution >= 0.6 is 0 Å². The molecule has 1 aromatic heterocycles. The van der Waals surface area contributed by atoms with Gasteiger partial charge in [-0.2, -0.15) is 0 Å². The lowest BCUT2D eigenvalue weighted by Gasteiger charge is -2.18. The van der Waals surface area contributed by atoms with Crippen LogP contribution in [0.15, 0.2) is 18.3 Å². The molecule has 2 atom stereocenters. The van der Waals surface area contributed by atoms with E-state index >= 15 is 0 Å². The van der Waals surface area contributed by atoms with E-state index in [0.29, 0.717) is 0 Å². The van der Waals surface area contributed by atoms with Gasteiger partial charge in [-0.05, 0) is 32.5 Å². The van der Waals surface area contributed by atoms with Gasteiger partial charge in [0.1, 0.15) is 0 Å². The molecular weight excluding hydrogens is 202 g/mol. The van der Waals surface area contributed by atoms with Gasteiger partial charge in [-0.15, -0.1) is 0 Å². The Labute approximate surface area is 96.3 Å². The summed E-state index contributed by atoms with van der Waals surface area (Å²) in [6, 6.07) is 4.40. The van der Waals surface area contributed by atoms with E-state index in [4.69, 9.17) is 0 Å². The van der Waals surface area contributed by atoms with Crippen molar-refractivity contribution in [3.05, 3.63) is 24.0 Å².